The van der Waals surface area contributed by atoms with Gasteiger partial charge in [0.1, 0.15) is 5.75 Å². The van der Waals surface area contributed by atoms with Crippen molar-refractivity contribution in [1.29, 1.82) is 0 Å². The smallest absolute Gasteiger partial charge is 0.234 e. The van der Waals surface area contributed by atoms with Gasteiger partial charge in [-0.3, -0.25) is 9.69 Å². The van der Waals surface area contributed by atoms with E-state index in [2.05, 4.69) is 21.2 Å². The third-order valence-electron chi connectivity index (χ3n) is 3.75. The van der Waals surface area contributed by atoms with E-state index in [4.69, 9.17) is 16.3 Å². The number of methoxy groups -OCH3 is 1. The molecule has 0 aliphatic rings. The number of carbonyl (C=O) groups is 1. The van der Waals surface area contributed by atoms with Crippen LogP contribution >= 0.6 is 27.5 Å². The number of hydrogen-bond donors (Lipinski definition) is 1. The molecule has 4 nitrogen and oxygen atoms in total. The van der Waals surface area contributed by atoms with E-state index in [-0.39, 0.29) is 5.91 Å². The molecule has 1 N–H and O–H groups in total. The van der Waals surface area contributed by atoms with E-state index in [1.807, 2.05) is 54.4 Å². The lowest BCUT2D eigenvalue weighted by atomic mass is 10.1. The van der Waals surface area contributed by atoms with Crippen molar-refractivity contribution >= 4 is 33.4 Å². The number of halogens is 2. The number of ether oxygens (including phenoxy) is 1. The molecule has 2 aromatic carbocycles. The van der Waals surface area contributed by atoms with Crippen molar-refractivity contribution in [2.45, 2.75) is 13.0 Å². The second-order valence-electron chi connectivity index (χ2n) is 5.85. The molecule has 0 aliphatic heterocycles. The van der Waals surface area contributed by atoms with Crippen LogP contribution in [0.25, 0.3) is 0 Å². The minimum atomic E-state index is 0.00503. The molecule has 0 saturated heterocycles. The Morgan fingerprint density at radius 2 is 1.96 bits per heavy atom. The van der Waals surface area contributed by atoms with Gasteiger partial charge in [-0.2, -0.15) is 0 Å². The Labute approximate surface area is 162 Å². The predicted octanol–water partition coefficient (Wildman–Crippen LogP) is 3.90. The highest BCUT2D eigenvalue weighted by atomic mass is 79.9. The molecule has 25 heavy (non-hydrogen) atoms. The van der Waals surface area contributed by atoms with Gasteiger partial charge in [0.05, 0.1) is 13.7 Å². The van der Waals surface area contributed by atoms with Crippen LogP contribution < -0.4 is 10.1 Å². The van der Waals surface area contributed by atoms with E-state index in [0.717, 1.165) is 32.8 Å². The van der Waals surface area contributed by atoms with Crippen LogP contribution in [0.3, 0.4) is 0 Å². The van der Waals surface area contributed by atoms with E-state index >= 15 is 0 Å². The number of rotatable bonds is 8. The van der Waals surface area contributed by atoms with Crippen molar-refractivity contribution in [2.24, 2.45) is 0 Å². The average Bonchev–Trinajstić information content (AvgIpc) is 2.57. The zero-order valence-electron chi connectivity index (χ0n) is 14.4. The molecule has 0 aliphatic carbocycles. The molecule has 0 aromatic heterocycles. The van der Waals surface area contributed by atoms with Crippen molar-refractivity contribution in [3.63, 3.8) is 0 Å². The van der Waals surface area contributed by atoms with Gasteiger partial charge in [0, 0.05) is 28.1 Å². The monoisotopic (exact) mass is 424 g/mol. The van der Waals surface area contributed by atoms with Crippen LogP contribution in [0.1, 0.15) is 11.1 Å². The Hall–Kier alpha value is -1.56. The van der Waals surface area contributed by atoms with Crippen LogP contribution in [-0.4, -0.2) is 38.1 Å². The summed E-state index contributed by atoms with van der Waals surface area (Å²) in [7, 11) is 3.56. The topological polar surface area (TPSA) is 41.6 Å². The molecule has 134 valence electrons. The molecular formula is C19H22BrClN2O2. The molecule has 0 atom stereocenters. The molecule has 0 fully saturated rings. The van der Waals surface area contributed by atoms with Crippen molar-refractivity contribution in [1.82, 2.24) is 10.2 Å². The minimum Gasteiger partial charge on any atom is -0.496 e. The molecule has 0 radical (unpaired) electrons. The van der Waals surface area contributed by atoms with Crippen molar-refractivity contribution in [2.75, 3.05) is 27.2 Å². The zero-order chi connectivity index (χ0) is 18.2. The Kier molecular flexibility index (Phi) is 7.75. The highest BCUT2D eigenvalue weighted by Crippen LogP contribution is 2.23. The fourth-order valence-corrected chi connectivity index (χ4v) is 3.05. The van der Waals surface area contributed by atoms with Gasteiger partial charge in [-0.05, 0) is 49.4 Å². The first kappa shape index (κ1) is 19.8. The van der Waals surface area contributed by atoms with Gasteiger partial charge >= 0.3 is 0 Å². The van der Waals surface area contributed by atoms with E-state index in [9.17, 15) is 4.79 Å². The second kappa shape index (κ2) is 9.80. The molecule has 0 heterocycles. The number of benzene rings is 2. The van der Waals surface area contributed by atoms with Gasteiger partial charge in [0.2, 0.25) is 5.91 Å². The minimum absolute atomic E-state index is 0.00503. The summed E-state index contributed by atoms with van der Waals surface area (Å²) in [6.07, 6.45) is 0.784. The normalized spacial score (nSPS) is 10.8. The summed E-state index contributed by atoms with van der Waals surface area (Å²) in [4.78, 5) is 14.1. The van der Waals surface area contributed by atoms with Gasteiger partial charge in [-0.25, -0.2) is 0 Å². The van der Waals surface area contributed by atoms with E-state index in [0.29, 0.717) is 19.6 Å². The second-order valence-corrected chi connectivity index (χ2v) is 7.21. The Bertz CT molecular complexity index is 707. The summed E-state index contributed by atoms with van der Waals surface area (Å²) in [6.45, 7) is 1.57. The van der Waals surface area contributed by atoms with Gasteiger partial charge in [-0.15, -0.1) is 0 Å². The Morgan fingerprint density at radius 1 is 1.24 bits per heavy atom. The van der Waals surface area contributed by atoms with Crippen molar-refractivity contribution in [3.8, 4) is 5.75 Å². The summed E-state index contributed by atoms with van der Waals surface area (Å²) in [5, 5.41) is 3.67. The van der Waals surface area contributed by atoms with Crippen molar-refractivity contribution < 1.29 is 9.53 Å². The average molecular weight is 426 g/mol. The number of amides is 1. The molecule has 0 bridgehead atoms. The quantitative estimate of drug-likeness (QED) is 0.697. The molecule has 1 amide bonds. The van der Waals surface area contributed by atoms with Crippen LogP contribution in [0.4, 0.5) is 0 Å². The summed E-state index contributed by atoms with van der Waals surface area (Å²) >= 11 is 9.33. The number of likely N-dealkylation sites (N-methyl/N-ethyl adjacent to an activating group) is 1. The lowest BCUT2D eigenvalue weighted by Crippen LogP contribution is -2.35. The van der Waals surface area contributed by atoms with Gasteiger partial charge < -0.3 is 10.1 Å². The third-order valence-corrected chi connectivity index (χ3v) is 4.49. The number of carbonyl (C=O) groups excluding carboxylic acids is 1. The van der Waals surface area contributed by atoms with Crippen LogP contribution in [0.15, 0.2) is 46.9 Å². The largest absolute Gasteiger partial charge is 0.496 e. The van der Waals surface area contributed by atoms with E-state index in [1.165, 1.54) is 0 Å². The predicted molar refractivity (Wildman–Crippen MR) is 105 cm³/mol. The maximum absolute atomic E-state index is 12.1. The van der Waals surface area contributed by atoms with Crippen molar-refractivity contribution in [3.05, 3.63) is 63.1 Å². The highest BCUT2D eigenvalue weighted by Gasteiger charge is 2.10. The van der Waals surface area contributed by atoms with E-state index < -0.39 is 0 Å². The number of nitrogens with one attached hydrogen (secondary N) is 1. The maximum Gasteiger partial charge on any atom is 0.234 e. The SMILES string of the molecule is COc1ccc(Br)cc1CN(C)CC(=O)NCCc1ccc(Cl)cc1. The lowest BCUT2D eigenvalue weighted by molar-refractivity contribution is -0.122. The van der Waals surface area contributed by atoms with Gasteiger partial charge in [0.25, 0.3) is 0 Å². The van der Waals surface area contributed by atoms with Crippen LogP contribution in [-0.2, 0) is 17.8 Å². The fourth-order valence-electron chi connectivity index (χ4n) is 2.52. The Morgan fingerprint density at radius 3 is 2.64 bits per heavy atom. The van der Waals surface area contributed by atoms with Gasteiger partial charge in [0.15, 0.2) is 0 Å². The molecule has 2 rings (SSSR count). The first-order valence-corrected chi connectivity index (χ1v) is 9.17. The standard InChI is InChI=1S/C19H22BrClN2O2/c1-23(12-15-11-16(20)5-8-18(15)25-2)13-19(24)22-10-9-14-3-6-17(21)7-4-14/h3-8,11H,9-10,12-13H2,1-2H3,(H,22,24). The fraction of sp³-hybridized carbons (Fsp3) is 0.316. The highest BCUT2D eigenvalue weighted by molar-refractivity contribution is 9.10. The molecule has 6 heteroatoms. The van der Waals surface area contributed by atoms with Crippen LogP contribution in [0.5, 0.6) is 5.75 Å². The van der Waals surface area contributed by atoms with Crippen LogP contribution in [0.2, 0.25) is 5.02 Å². The maximum atomic E-state index is 12.1. The number of nitrogens with zero attached hydrogens (tertiary/aromatic N) is 1. The summed E-state index contributed by atoms with van der Waals surface area (Å²) < 4.78 is 6.36. The summed E-state index contributed by atoms with van der Waals surface area (Å²) in [6, 6.07) is 13.5. The number of hydrogen-bond acceptors (Lipinski definition) is 3. The summed E-state index contributed by atoms with van der Waals surface area (Å²) in [5.74, 6) is 0.823. The molecule has 0 unspecified atom stereocenters. The molecule has 0 saturated carbocycles. The van der Waals surface area contributed by atoms with E-state index in [1.54, 1.807) is 7.11 Å². The Balaban J connectivity index is 1.78. The zero-order valence-corrected chi connectivity index (χ0v) is 16.7. The third kappa shape index (κ3) is 6.69. The molecule has 0 spiro atoms. The van der Waals surface area contributed by atoms with Gasteiger partial charge in [-0.1, -0.05) is 39.7 Å². The first-order chi connectivity index (χ1) is 12.0. The lowest BCUT2D eigenvalue weighted by Gasteiger charge is -2.18. The summed E-state index contributed by atoms with van der Waals surface area (Å²) in [5.41, 5.74) is 2.19. The molecular weight excluding hydrogens is 404 g/mol. The van der Waals surface area contributed by atoms with Crippen LogP contribution in [0, 0.1) is 0 Å². The molecule has 2 aromatic rings. The first-order valence-electron chi connectivity index (χ1n) is 8.00.